The molecular formula is C20H30FN3O. The molecular weight excluding hydrogens is 317 g/mol. The minimum atomic E-state index is -0.218. The summed E-state index contributed by atoms with van der Waals surface area (Å²) in [5, 5.41) is 3.37. The molecule has 1 saturated heterocycles. The number of piperazine rings is 1. The first-order valence-electron chi connectivity index (χ1n) is 9.57. The van der Waals surface area contributed by atoms with Gasteiger partial charge in [0.25, 0.3) is 0 Å². The van der Waals surface area contributed by atoms with Gasteiger partial charge in [-0.05, 0) is 44.4 Å². The summed E-state index contributed by atoms with van der Waals surface area (Å²) in [4.78, 5) is 17.4. The Morgan fingerprint density at radius 3 is 2.80 bits per heavy atom. The van der Waals surface area contributed by atoms with Crippen molar-refractivity contribution in [1.82, 2.24) is 15.1 Å². The van der Waals surface area contributed by atoms with Crippen LogP contribution >= 0.6 is 0 Å². The largest absolute Gasteiger partial charge is 0.336 e. The summed E-state index contributed by atoms with van der Waals surface area (Å²) in [6, 6.07) is 7.43. The highest BCUT2D eigenvalue weighted by atomic mass is 19.1. The number of nitrogens with zero attached hydrogens (tertiary/aromatic N) is 2. The van der Waals surface area contributed by atoms with Crippen molar-refractivity contribution in [1.29, 1.82) is 0 Å². The Kier molecular flexibility index (Phi) is 6.07. The zero-order chi connectivity index (χ0) is 17.8. The lowest BCUT2D eigenvalue weighted by molar-refractivity contribution is -0.137. The molecule has 0 radical (unpaired) electrons. The topological polar surface area (TPSA) is 35.6 Å². The maximum Gasteiger partial charge on any atom is 0.237 e. The predicted molar refractivity (Wildman–Crippen MR) is 97.8 cm³/mol. The number of halogens is 1. The van der Waals surface area contributed by atoms with Crippen molar-refractivity contribution in [2.45, 2.75) is 57.7 Å². The fourth-order valence-corrected chi connectivity index (χ4v) is 4.33. The van der Waals surface area contributed by atoms with Crippen LogP contribution in [-0.2, 0) is 4.79 Å². The van der Waals surface area contributed by atoms with Gasteiger partial charge in [0.15, 0.2) is 0 Å². The van der Waals surface area contributed by atoms with Crippen molar-refractivity contribution in [2.24, 2.45) is 0 Å². The Morgan fingerprint density at radius 1 is 1.36 bits per heavy atom. The van der Waals surface area contributed by atoms with Crippen molar-refractivity contribution in [3.63, 3.8) is 0 Å². The fraction of sp³-hybridized carbons (Fsp3) is 0.650. The van der Waals surface area contributed by atoms with E-state index in [-0.39, 0.29) is 23.8 Å². The maximum atomic E-state index is 13.6. The lowest BCUT2D eigenvalue weighted by atomic mass is 10.0. The Morgan fingerprint density at radius 2 is 2.12 bits per heavy atom. The number of carbonyl (C=O) groups is 1. The lowest BCUT2D eigenvalue weighted by Gasteiger charge is -2.39. The summed E-state index contributed by atoms with van der Waals surface area (Å²) in [5.41, 5.74) is 0.942. The number of amides is 1. The van der Waals surface area contributed by atoms with E-state index in [9.17, 15) is 9.18 Å². The molecule has 2 fully saturated rings. The number of rotatable bonds is 5. The monoisotopic (exact) mass is 347 g/mol. The number of hydrogen-bond acceptors (Lipinski definition) is 3. The van der Waals surface area contributed by atoms with E-state index in [4.69, 9.17) is 0 Å². The van der Waals surface area contributed by atoms with Gasteiger partial charge in [-0.3, -0.25) is 9.69 Å². The van der Waals surface area contributed by atoms with E-state index in [2.05, 4.69) is 29.0 Å². The van der Waals surface area contributed by atoms with Crippen LogP contribution in [0.3, 0.4) is 0 Å². The van der Waals surface area contributed by atoms with Gasteiger partial charge in [-0.2, -0.15) is 0 Å². The highest BCUT2D eigenvalue weighted by Crippen LogP contribution is 2.27. The molecule has 1 atom stereocenters. The molecule has 138 valence electrons. The number of carbonyl (C=O) groups excluding carboxylic acids is 1. The quantitative estimate of drug-likeness (QED) is 0.889. The SMILES string of the molecule is CC(C)N(C(=O)CN1CCNCC1c1cccc(F)c1)C1CCCC1. The van der Waals surface area contributed by atoms with Crippen LogP contribution < -0.4 is 5.32 Å². The Bertz CT molecular complexity index is 586. The molecule has 0 bridgehead atoms. The van der Waals surface area contributed by atoms with Gasteiger partial charge in [0.2, 0.25) is 5.91 Å². The highest BCUT2D eigenvalue weighted by molar-refractivity contribution is 5.79. The van der Waals surface area contributed by atoms with E-state index in [0.29, 0.717) is 12.6 Å². The fourth-order valence-electron chi connectivity index (χ4n) is 4.33. The molecule has 1 saturated carbocycles. The smallest absolute Gasteiger partial charge is 0.237 e. The van der Waals surface area contributed by atoms with Crippen LogP contribution in [0, 0.1) is 5.82 Å². The van der Waals surface area contributed by atoms with E-state index in [1.54, 1.807) is 12.1 Å². The third-order valence-electron chi connectivity index (χ3n) is 5.49. The van der Waals surface area contributed by atoms with Crippen LogP contribution in [0.1, 0.15) is 51.1 Å². The Balaban J connectivity index is 1.73. The minimum absolute atomic E-state index is 0.0472. The summed E-state index contributed by atoms with van der Waals surface area (Å²) in [6.07, 6.45) is 4.69. The van der Waals surface area contributed by atoms with E-state index in [1.165, 1.54) is 18.9 Å². The van der Waals surface area contributed by atoms with Crippen LogP contribution in [0.5, 0.6) is 0 Å². The Labute approximate surface area is 150 Å². The molecule has 1 aliphatic heterocycles. The molecule has 1 aromatic rings. The second-order valence-electron chi connectivity index (χ2n) is 7.58. The van der Waals surface area contributed by atoms with Gasteiger partial charge >= 0.3 is 0 Å². The molecule has 1 amide bonds. The van der Waals surface area contributed by atoms with Crippen LogP contribution in [0.25, 0.3) is 0 Å². The second-order valence-corrected chi connectivity index (χ2v) is 7.58. The number of nitrogens with one attached hydrogen (secondary N) is 1. The first kappa shape index (κ1) is 18.3. The van der Waals surface area contributed by atoms with Crippen molar-refractivity contribution in [3.8, 4) is 0 Å². The van der Waals surface area contributed by atoms with Gasteiger partial charge in [0, 0.05) is 37.8 Å². The molecule has 2 aliphatic rings. The first-order chi connectivity index (χ1) is 12.1. The lowest BCUT2D eigenvalue weighted by Crippen LogP contribution is -2.53. The third kappa shape index (κ3) is 4.39. The first-order valence-corrected chi connectivity index (χ1v) is 9.57. The van der Waals surface area contributed by atoms with Gasteiger partial charge in [0.05, 0.1) is 6.54 Å². The average molecular weight is 347 g/mol. The van der Waals surface area contributed by atoms with Gasteiger partial charge < -0.3 is 10.2 Å². The second kappa shape index (κ2) is 8.28. The van der Waals surface area contributed by atoms with E-state index in [0.717, 1.165) is 38.0 Å². The van der Waals surface area contributed by atoms with Crippen molar-refractivity contribution in [3.05, 3.63) is 35.6 Å². The van der Waals surface area contributed by atoms with Crippen molar-refractivity contribution < 1.29 is 9.18 Å². The maximum absolute atomic E-state index is 13.6. The standard InChI is InChI=1S/C20H30FN3O/c1-15(2)24(18-8-3-4-9-18)20(25)14-23-11-10-22-13-19(23)16-6-5-7-17(21)12-16/h5-7,12,15,18-19,22H,3-4,8-11,13-14H2,1-2H3. The normalized spacial score (nSPS) is 22.5. The van der Waals surface area contributed by atoms with Gasteiger partial charge in [-0.1, -0.05) is 25.0 Å². The summed E-state index contributed by atoms with van der Waals surface area (Å²) in [6.45, 7) is 7.06. The Hall–Kier alpha value is -1.46. The molecule has 25 heavy (non-hydrogen) atoms. The van der Waals surface area contributed by atoms with E-state index >= 15 is 0 Å². The summed E-state index contributed by atoms with van der Waals surface area (Å²) in [7, 11) is 0. The molecule has 1 N–H and O–H groups in total. The third-order valence-corrected chi connectivity index (χ3v) is 5.49. The molecule has 1 heterocycles. The minimum Gasteiger partial charge on any atom is -0.336 e. The molecule has 1 unspecified atom stereocenters. The molecule has 0 aromatic heterocycles. The molecule has 0 spiro atoms. The van der Waals surface area contributed by atoms with Gasteiger partial charge in [0.1, 0.15) is 5.82 Å². The molecule has 4 nitrogen and oxygen atoms in total. The summed E-state index contributed by atoms with van der Waals surface area (Å²) < 4.78 is 13.6. The van der Waals surface area contributed by atoms with Crippen LogP contribution in [0.4, 0.5) is 4.39 Å². The van der Waals surface area contributed by atoms with Gasteiger partial charge in [-0.25, -0.2) is 4.39 Å². The van der Waals surface area contributed by atoms with Gasteiger partial charge in [-0.15, -0.1) is 0 Å². The number of benzene rings is 1. The number of hydrogen-bond donors (Lipinski definition) is 1. The average Bonchev–Trinajstić information content (AvgIpc) is 3.09. The molecule has 5 heteroatoms. The molecule has 1 aliphatic carbocycles. The molecule has 1 aromatic carbocycles. The zero-order valence-electron chi connectivity index (χ0n) is 15.4. The highest BCUT2D eigenvalue weighted by Gasteiger charge is 2.32. The van der Waals surface area contributed by atoms with Crippen molar-refractivity contribution in [2.75, 3.05) is 26.2 Å². The summed E-state index contributed by atoms with van der Waals surface area (Å²) >= 11 is 0. The van der Waals surface area contributed by atoms with E-state index < -0.39 is 0 Å². The molecule has 3 rings (SSSR count). The van der Waals surface area contributed by atoms with Crippen LogP contribution in [-0.4, -0.2) is 54.0 Å². The predicted octanol–water partition coefficient (Wildman–Crippen LogP) is 2.95. The van der Waals surface area contributed by atoms with E-state index in [1.807, 2.05) is 6.07 Å². The zero-order valence-corrected chi connectivity index (χ0v) is 15.4. The van der Waals surface area contributed by atoms with Crippen molar-refractivity contribution >= 4 is 5.91 Å². The van der Waals surface area contributed by atoms with Crippen LogP contribution in [0.2, 0.25) is 0 Å². The summed E-state index contributed by atoms with van der Waals surface area (Å²) in [5.74, 6) is -0.00526. The van der Waals surface area contributed by atoms with Crippen LogP contribution in [0.15, 0.2) is 24.3 Å².